The Morgan fingerprint density at radius 3 is 2.95 bits per heavy atom. The van der Waals surface area contributed by atoms with Crippen LogP contribution in [0.2, 0.25) is 5.02 Å². The molecule has 0 aliphatic heterocycles. The Labute approximate surface area is 220 Å². The minimum absolute atomic E-state index is 0.00975. The third kappa shape index (κ3) is 4.75. The van der Waals surface area contributed by atoms with Gasteiger partial charge in [0.1, 0.15) is 24.1 Å². The Balaban J connectivity index is 1.16. The molecule has 1 aliphatic rings. The van der Waals surface area contributed by atoms with E-state index < -0.39 is 11.7 Å². The first kappa shape index (κ1) is 24.2. The van der Waals surface area contributed by atoms with Gasteiger partial charge in [-0.15, -0.1) is 5.10 Å². The summed E-state index contributed by atoms with van der Waals surface area (Å²) in [6, 6.07) is 3.53. The zero-order valence-corrected chi connectivity index (χ0v) is 20.8. The average molecular weight is 537 g/mol. The second kappa shape index (κ2) is 9.95. The van der Waals surface area contributed by atoms with E-state index in [1.54, 1.807) is 6.20 Å². The molecule has 1 amide bonds. The van der Waals surface area contributed by atoms with E-state index in [0.29, 0.717) is 18.2 Å². The fourth-order valence-electron chi connectivity index (χ4n) is 4.40. The Hall–Kier alpha value is -4.16. The zero-order chi connectivity index (χ0) is 26.2. The molecule has 5 heterocycles. The molecular weight excluding hydrogens is 515 g/mol. The summed E-state index contributed by atoms with van der Waals surface area (Å²) in [5.41, 5.74) is 4.25. The number of nitrogens with one attached hydrogen (secondary N) is 1. The molecule has 5 aromatic heterocycles. The van der Waals surface area contributed by atoms with Crippen LogP contribution in [0.4, 0.5) is 4.39 Å². The predicted molar refractivity (Wildman–Crippen MR) is 133 cm³/mol. The fourth-order valence-corrected chi connectivity index (χ4v) is 4.54. The van der Waals surface area contributed by atoms with Crippen molar-refractivity contribution >= 4 is 35.0 Å². The monoisotopic (exact) mass is 536 g/mol. The molecule has 1 aliphatic carbocycles. The van der Waals surface area contributed by atoms with Gasteiger partial charge in [0.15, 0.2) is 11.5 Å². The zero-order valence-electron chi connectivity index (χ0n) is 20.0. The summed E-state index contributed by atoms with van der Waals surface area (Å²) in [6.45, 7) is 0.598. The highest BCUT2D eigenvalue weighted by Gasteiger charge is 2.25. The number of amides is 1. The van der Waals surface area contributed by atoms with E-state index >= 15 is 0 Å². The third-order valence-electron chi connectivity index (χ3n) is 6.37. The lowest BCUT2D eigenvalue weighted by molar-refractivity contribution is -0.112. The van der Waals surface area contributed by atoms with Gasteiger partial charge >= 0.3 is 0 Å². The predicted octanol–water partition coefficient (Wildman–Crippen LogP) is 2.94. The summed E-state index contributed by atoms with van der Waals surface area (Å²) in [7, 11) is 0. The number of hydrogen-bond acceptors (Lipinski definition) is 7. The van der Waals surface area contributed by atoms with Crippen molar-refractivity contribution in [3.8, 4) is 0 Å². The third-order valence-corrected chi connectivity index (χ3v) is 6.66. The van der Waals surface area contributed by atoms with Gasteiger partial charge in [-0.25, -0.2) is 19.0 Å². The maximum atomic E-state index is 14.4. The standard InChI is InChI=1S/C25H22ClFN8O3/c26-19-3-4-33-14-29-20(23(33)22(19)27)8-28-25(37)21-12-35(32-31-21)11-18-10-34-9-16(15-1-2-15)7-17(24(34)30-18)13-38-6-5-36/h3-5,7,9-10,12,14-15H,1-2,6,8,11,13H2,(H,28,37). The van der Waals surface area contributed by atoms with E-state index in [0.717, 1.165) is 36.0 Å². The first-order chi connectivity index (χ1) is 18.5. The van der Waals surface area contributed by atoms with Crippen LogP contribution >= 0.6 is 11.6 Å². The molecule has 0 bridgehead atoms. The van der Waals surface area contributed by atoms with Gasteiger partial charge in [-0.2, -0.15) is 0 Å². The van der Waals surface area contributed by atoms with Crippen molar-refractivity contribution in [2.75, 3.05) is 6.61 Å². The summed E-state index contributed by atoms with van der Waals surface area (Å²) in [6.07, 6.45) is 11.6. The van der Waals surface area contributed by atoms with E-state index in [2.05, 4.69) is 32.9 Å². The van der Waals surface area contributed by atoms with Crippen molar-refractivity contribution in [3.63, 3.8) is 0 Å². The molecule has 11 nitrogen and oxygen atoms in total. The SMILES string of the molecule is O=CCOCc1cc(C2CC2)cn2cc(Cn3cc(C(=O)NCc4ncn5ccc(Cl)c(F)c45)nn3)nc12. The highest BCUT2D eigenvalue weighted by atomic mass is 35.5. The van der Waals surface area contributed by atoms with Crippen molar-refractivity contribution in [3.05, 3.63) is 82.3 Å². The van der Waals surface area contributed by atoms with Crippen LogP contribution < -0.4 is 5.32 Å². The molecule has 0 aromatic carbocycles. The quantitative estimate of drug-likeness (QED) is 0.215. The Morgan fingerprint density at radius 1 is 1.26 bits per heavy atom. The van der Waals surface area contributed by atoms with Crippen LogP contribution in [0, 0.1) is 5.82 Å². The number of pyridine rings is 2. The molecule has 1 N–H and O–H groups in total. The fraction of sp³-hybridized carbons (Fsp3) is 0.280. The minimum atomic E-state index is -0.600. The number of rotatable bonds is 10. The summed E-state index contributed by atoms with van der Waals surface area (Å²) < 4.78 is 24.9. The molecule has 0 atom stereocenters. The number of ether oxygens (including phenoxy) is 1. The Morgan fingerprint density at radius 2 is 2.13 bits per heavy atom. The molecule has 1 saturated carbocycles. The van der Waals surface area contributed by atoms with E-state index in [1.807, 2.05) is 10.6 Å². The molecule has 0 saturated heterocycles. The van der Waals surface area contributed by atoms with Crippen molar-refractivity contribution in [2.45, 2.75) is 38.5 Å². The molecule has 0 unspecified atom stereocenters. The number of nitrogens with zero attached hydrogens (tertiary/aromatic N) is 7. The Kier molecular flexibility index (Phi) is 6.34. The molecule has 0 spiro atoms. The smallest absolute Gasteiger partial charge is 0.273 e. The summed E-state index contributed by atoms with van der Waals surface area (Å²) in [4.78, 5) is 32.2. The van der Waals surface area contributed by atoms with Gasteiger partial charge in [0.25, 0.3) is 5.91 Å². The number of carbonyl (C=O) groups excluding carboxylic acids is 2. The maximum absolute atomic E-state index is 14.4. The summed E-state index contributed by atoms with van der Waals surface area (Å²) in [5, 5.41) is 10.7. The van der Waals surface area contributed by atoms with E-state index in [-0.39, 0.29) is 36.0 Å². The number of fused-ring (bicyclic) bond motifs is 2. The van der Waals surface area contributed by atoms with Gasteiger partial charge in [-0.05, 0) is 36.5 Å². The molecule has 6 rings (SSSR count). The molecule has 5 aromatic rings. The van der Waals surface area contributed by atoms with Crippen LogP contribution in [-0.2, 0) is 29.2 Å². The number of carbonyl (C=O) groups is 2. The van der Waals surface area contributed by atoms with Crippen molar-refractivity contribution in [1.82, 2.24) is 39.1 Å². The van der Waals surface area contributed by atoms with Crippen LogP contribution in [0.25, 0.3) is 11.2 Å². The lowest BCUT2D eigenvalue weighted by Gasteiger charge is -2.07. The molecular formula is C25H22ClFN8O3. The van der Waals surface area contributed by atoms with Gasteiger partial charge in [0, 0.05) is 24.2 Å². The second-order valence-corrected chi connectivity index (χ2v) is 9.53. The van der Waals surface area contributed by atoms with Gasteiger partial charge in [0.05, 0.1) is 48.6 Å². The first-order valence-corrected chi connectivity index (χ1v) is 12.4. The number of aldehydes is 1. The van der Waals surface area contributed by atoms with Crippen molar-refractivity contribution in [1.29, 1.82) is 0 Å². The van der Waals surface area contributed by atoms with Gasteiger partial charge in [0.2, 0.25) is 0 Å². The van der Waals surface area contributed by atoms with Crippen LogP contribution in [-0.4, -0.2) is 52.6 Å². The van der Waals surface area contributed by atoms with E-state index in [9.17, 15) is 14.0 Å². The summed E-state index contributed by atoms with van der Waals surface area (Å²) in [5.74, 6) is -0.532. The normalized spacial score (nSPS) is 13.4. The second-order valence-electron chi connectivity index (χ2n) is 9.13. The van der Waals surface area contributed by atoms with E-state index in [1.165, 1.54) is 33.2 Å². The number of hydrogen-bond donors (Lipinski definition) is 1. The molecule has 194 valence electrons. The van der Waals surface area contributed by atoms with Gasteiger partial charge in [-0.1, -0.05) is 16.8 Å². The van der Waals surface area contributed by atoms with E-state index in [4.69, 9.17) is 21.3 Å². The molecule has 0 radical (unpaired) electrons. The lowest BCUT2D eigenvalue weighted by atomic mass is 10.1. The van der Waals surface area contributed by atoms with Crippen LogP contribution in [0.15, 0.2) is 43.2 Å². The maximum Gasteiger partial charge on any atom is 0.273 e. The average Bonchev–Trinajstić information content (AvgIpc) is 3.30. The number of halogens is 2. The first-order valence-electron chi connectivity index (χ1n) is 12.0. The number of aromatic nitrogens is 7. The topological polar surface area (TPSA) is 121 Å². The van der Waals surface area contributed by atoms with Crippen molar-refractivity contribution in [2.24, 2.45) is 0 Å². The highest BCUT2D eigenvalue weighted by Crippen LogP contribution is 2.40. The van der Waals surface area contributed by atoms with Gasteiger partial charge < -0.3 is 23.6 Å². The summed E-state index contributed by atoms with van der Waals surface area (Å²) >= 11 is 5.88. The van der Waals surface area contributed by atoms with Crippen LogP contribution in [0.5, 0.6) is 0 Å². The number of imidazole rings is 2. The molecule has 13 heteroatoms. The Bertz CT molecular complexity index is 1670. The largest absolute Gasteiger partial charge is 0.369 e. The van der Waals surface area contributed by atoms with Crippen LogP contribution in [0.3, 0.4) is 0 Å². The minimum Gasteiger partial charge on any atom is -0.369 e. The van der Waals surface area contributed by atoms with Gasteiger partial charge in [-0.3, -0.25) is 4.79 Å². The van der Waals surface area contributed by atoms with Crippen molar-refractivity contribution < 1.29 is 18.7 Å². The molecule has 1 fully saturated rings. The molecule has 38 heavy (non-hydrogen) atoms. The highest BCUT2D eigenvalue weighted by molar-refractivity contribution is 6.31. The van der Waals surface area contributed by atoms with Crippen LogP contribution in [0.1, 0.15) is 51.8 Å². The lowest BCUT2D eigenvalue weighted by Crippen LogP contribution is -2.23.